The number of rotatable bonds is 7. The van der Waals surface area contributed by atoms with E-state index in [1.807, 2.05) is 80.4 Å². The fraction of sp³-hybridized carbons (Fsp3) is 0.500. The van der Waals surface area contributed by atoms with Gasteiger partial charge in [-0.1, -0.05) is 40.7 Å². The zero-order valence-corrected chi connectivity index (χ0v) is 20.3. The molecule has 0 aliphatic carbocycles. The monoisotopic (exact) mass is 429 g/mol. The summed E-state index contributed by atoms with van der Waals surface area (Å²) in [6.45, 7) is 12.7. The molecule has 0 saturated heterocycles. The number of carbonyl (C=O) groups is 2. The molecule has 0 spiro atoms. The maximum absolute atomic E-state index is 13.3. The fourth-order valence-electron chi connectivity index (χ4n) is 3.20. The SMILES string of the molecule is CC(C)[C@@H](C)N(Cc1cc(NC(=O)c2cccs2)ccc1N(C)C)C(=O)C(C)(C)C. The molecule has 1 aromatic carbocycles. The molecule has 0 saturated carbocycles. The van der Waals surface area contributed by atoms with Gasteiger partial charge in [-0.25, -0.2) is 0 Å². The van der Waals surface area contributed by atoms with E-state index in [9.17, 15) is 9.59 Å². The Morgan fingerprint density at radius 1 is 1.10 bits per heavy atom. The van der Waals surface area contributed by atoms with Crippen LogP contribution in [0.2, 0.25) is 0 Å². The zero-order chi connectivity index (χ0) is 22.6. The van der Waals surface area contributed by atoms with E-state index >= 15 is 0 Å². The summed E-state index contributed by atoms with van der Waals surface area (Å²) in [6, 6.07) is 9.66. The summed E-state index contributed by atoms with van der Waals surface area (Å²) in [5.41, 5.74) is 2.31. The Balaban J connectivity index is 2.40. The quantitative estimate of drug-likeness (QED) is 0.633. The number of nitrogens with zero attached hydrogens (tertiary/aromatic N) is 2. The number of hydrogen-bond donors (Lipinski definition) is 1. The molecule has 6 heteroatoms. The number of carbonyl (C=O) groups excluding carboxylic acids is 2. The maximum Gasteiger partial charge on any atom is 0.265 e. The number of hydrogen-bond acceptors (Lipinski definition) is 4. The van der Waals surface area contributed by atoms with Crippen LogP contribution in [-0.2, 0) is 11.3 Å². The maximum atomic E-state index is 13.3. The normalized spacial score (nSPS) is 12.6. The molecule has 164 valence electrons. The number of amides is 2. The van der Waals surface area contributed by atoms with Gasteiger partial charge in [-0.05, 0) is 48.1 Å². The van der Waals surface area contributed by atoms with Gasteiger partial charge in [-0.2, -0.15) is 0 Å². The highest BCUT2D eigenvalue weighted by Crippen LogP contribution is 2.29. The Labute approximate surface area is 185 Å². The van der Waals surface area contributed by atoms with Crippen molar-refractivity contribution >= 4 is 34.5 Å². The minimum Gasteiger partial charge on any atom is -0.377 e. The van der Waals surface area contributed by atoms with Crippen LogP contribution >= 0.6 is 11.3 Å². The average molecular weight is 430 g/mol. The first-order valence-electron chi connectivity index (χ1n) is 10.4. The first-order chi connectivity index (χ1) is 13.9. The first-order valence-corrected chi connectivity index (χ1v) is 11.3. The molecular formula is C24H35N3O2S. The number of benzene rings is 1. The lowest BCUT2D eigenvalue weighted by Gasteiger charge is -2.37. The van der Waals surface area contributed by atoms with Crippen LogP contribution in [0.5, 0.6) is 0 Å². The van der Waals surface area contributed by atoms with Crippen molar-refractivity contribution in [3.8, 4) is 0 Å². The summed E-state index contributed by atoms with van der Waals surface area (Å²) in [5, 5.41) is 4.87. The van der Waals surface area contributed by atoms with Crippen LogP contribution in [0, 0.1) is 11.3 Å². The molecule has 0 fully saturated rings. The van der Waals surface area contributed by atoms with Gasteiger partial charge in [0.2, 0.25) is 5.91 Å². The minimum absolute atomic E-state index is 0.0936. The number of anilines is 2. The predicted molar refractivity (Wildman–Crippen MR) is 127 cm³/mol. The lowest BCUT2D eigenvalue weighted by atomic mass is 9.92. The Morgan fingerprint density at radius 2 is 1.77 bits per heavy atom. The molecule has 2 rings (SSSR count). The van der Waals surface area contributed by atoms with E-state index < -0.39 is 5.41 Å². The zero-order valence-electron chi connectivity index (χ0n) is 19.4. The first kappa shape index (κ1) is 23.9. The van der Waals surface area contributed by atoms with Crippen molar-refractivity contribution < 1.29 is 9.59 Å². The molecule has 1 heterocycles. The van der Waals surface area contributed by atoms with Crippen LogP contribution < -0.4 is 10.2 Å². The van der Waals surface area contributed by atoms with E-state index in [2.05, 4.69) is 26.1 Å². The third kappa shape index (κ3) is 5.85. The molecule has 0 unspecified atom stereocenters. The largest absolute Gasteiger partial charge is 0.377 e. The van der Waals surface area contributed by atoms with Gasteiger partial charge in [0, 0.05) is 43.5 Å². The van der Waals surface area contributed by atoms with E-state index in [-0.39, 0.29) is 17.9 Å². The lowest BCUT2D eigenvalue weighted by Crippen LogP contribution is -2.46. The summed E-state index contributed by atoms with van der Waals surface area (Å²) in [5.74, 6) is 0.342. The molecule has 1 atom stereocenters. The van der Waals surface area contributed by atoms with E-state index in [0.29, 0.717) is 17.3 Å². The molecule has 0 aliphatic rings. The second-order valence-corrected chi connectivity index (χ2v) is 10.3. The van der Waals surface area contributed by atoms with Crippen LogP contribution in [0.4, 0.5) is 11.4 Å². The fourth-order valence-corrected chi connectivity index (χ4v) is 3.82. The third-order valence-corrected chi connectivity index (χ3v) is 6.13. The van der Waals surface area contributed by atoms with Crippen molar-refractivity contribution in [3.05, 3.63) is 46.2 Å². The van der Waals surface area contributed by atoms with E-state index in [1.54, 1.807) is 0 Å². The van der Waals surface area contributed by atoms with Gasteiger partial charge in [-0.15, -0.1) is 11.3 Å². The molecule has 30 heavy (non-hydrogen) atoms. The predicted octanol–water partition coefficient (Wildman–Crippen LogP) is 5.49. The summed E-state index contributed by atoms with van der Waals surface area (Å²) in [4.78, 5) is 30.4. The molecule has 2 amide bonds. The van der Waals surface area contributed by atoms with Gasteiger partial charge < -0.3 is 15.1 Å². The second-order valence-electron chi connectivity index (χ2n) is 9.34. The van der Waals surface area contributed by atoms with Crippen LogP contribution in [0.1, 0.15) is 56.8 Å². The van der Waals surface area contributed by atoms with Crippen LogP contribution in [0.3, 0.4) is 0 Å². The average Bonchev–Trinajstić information content (AvgIpc) is 3.19. The van der Waals surface area contributed by atoms with Gasteiger partial charge in [0.15, 0.2) is 0 Å². The second kappa shape index (κ2) is 9.65. The minimum atomic E-state index is -0.466. The molecule has 2 aromatic rings. The molecule has 0 bridgehead atoms. The Hall–Kier alpha value is -2.34. The van der Waals surface area contributed by atoms with Gasteiger partial charge >= 0.3 is 0 Å². The van der Waals surface area contributed by atoms with Crippen molar-refractivity contribution in [2.24, 2.45) is 11.3 Å². The summed E-state index contributed by atoms with van der Waals surface area (Å²) in [7, 11) is 3.98. The lowest BCUT2D eigenvalue weighted by molar-refractivity contribution is -0.143. The highest BCUT2D eigenvalue weighted by molar-refractivity contribution is 7.12. The van der Waals surface area contributed by atoms with Crippen LogP contribution in [0.15, 0.2) is 35.7 Å². The van der Waals surface area contributed by atoms with Crippen LogP contribution in [-0.4, -0.2) is 36.9 Å². The summed E-state index contributed by atoms with van der Waals surface area (Å²) >= 11 is 1.41. The number of thiophene rings is 1. The molecule has 1 aromatic heterocycles. The van der Waals surface area contributed by atoms with E-state index in [1.165, 1.54) is 11.3 Å². The van der Waals surface area contributed by atoms with Gasteiger partial charge in [0.05, 0.1) is 4.88 Å². The van der Waals surface area contributed by atoms with Crippen molar-refractivity contribution in [2.45, 2.75) is 54.1 Å². The van der Waals surface area contributed by atoms with Crippen LogP contribution in [0.25, 0.3) is 0 Å². The van der Waals surface area contributed by atoms with Crippen molar-refractivity contribution in [2.75, 3.05) is 24.3 Å². The number of nitrogens with one attached hydrogen (secondary N) is 1. The molecule has 0 aliphatic heterocycles. The van der Waals surface area contributed by atoms with Gasteiger partial charge in [0.1, 0.15) is 0 Å². The standard InChI is InChI=1S/C24H35N3O2S/c1-16(2)17(3)27(23(29)24(4,5)6)15-18-14-19(11-12-20(18)26(7)8)25-22(28)21-10-9-13-30-21/h9-14,16-17H,15H2,1-8H3,(H,25,28)/t17-/m1/s1. The third-order valence-electron chi connectivity index (χ3n) is 5.26. The Kier molecular flexibility index (Phi) is 7.70. The molecule has 0 radical (unpaired) electrons. The van der Waals surface area contributed by atoms with E-state index in [4.69, 9.17) is 0 Å². The summed E-state index contributed by atoms with van der Waals surface area (Å²) in [6.07, 6.45) is 0. The molecular weight excluding hydrogens is 394 g/mol. The van der Waals surface area contributed by atoms with Gasteiger partial charge in [0.25, 0.3) is 5.91 Å². The Bertz CT molecular complexity index is 867. The van der Waals surface area contributed by atoms with Crippen molar-refractivity contribution in [3.63, 3.8) is 0 Å². The van der Waals surface area contributed by atoms with Crippen molar-refractivity contribution in [1.82, 2.24) is 4.90 Å². The smallest absolute Gasteiger partial charge is 0.265 e. The van der Waals surface area contributed by atoms with E-state index in [0.717, 1.165) is 16.9 Å². The Morgan fingerprint density at radius 3 is 2.27 bits per heavy atom. The summed E-state index contributed by atoms with van der Waals surface area (Å²) < 4.78 is 0. The highest BCUT2D eigenvalue weighted by atomic mass is 32.1. The molecule has 5 nitrogen and oxygen atoms in total. The van der Waals surface area contributed by atoms with Crippen molar-refractivity contribution in [1.29, 1.82) is 0 Å². The van der Waals surface area contributed by atoms with Gasteiger partial charge in [-0.3, -0.25) is 9.59 Å². The molecule has 1 N–H and O–H groups in total. The highest BCUT2D eigenvalue weighted by Gasteiger charge is 2.32. The topological polar surface area (TPSA) is 52.7 Å².